The van der Waals surface area contributed by atoms with Gasteiger partial charge in [0.1, 0.15) is 24.1 Å². The standard InChI is InChI=1S/C33H63N11O11/c1-39-8-2-5-17(35)11-24(47)40-9-3-6-18(36)12-25(48)41-10-4-7-19(37)13-26(49)44-28-29(50)30(55-33(38)53)22(16-45)54-31(28)43-23-14-20(32(51)52)27(42-23)21(46)15-34/h17-22,27-31,39,45-46,50H,2-16,34-37H2,1H3,(H2,38,53)(H,40,47)(H,41,48)(H,42,43)(H,44,49)(H,51,52). The number of primary amides is 1. The second-order valence-electron chi connectivity index (χ2n) is 14.1. The number of rotatable bonds is 25. The Bertz CT molecular complexity index is 1270. The molecule has 0 aromatic carbocycles. The summed E-state index contributed by atoms with van der Waals surface area (Å²) in [6, 6.07) is -3.63. The number of carbonyl (C=O) groups is 5. The van der Waals surface area contributed by atoms with E-state index in [1.807, 2.05) is 7.05 Å². The van der Waals surface area contributed by atoms with E-state index in [2.05, 4.69) is 31.6 Å². The summed E-state index contributed by atoms with van der Waals surface area (Å²) in [5.41, 5.74) is 28.9. The summed E-state index contributed by atoms with van der Waals surface area (Å²) in [4.78, 5) is 65.3. The summed E-state index contributed by atoms with van der Waals surface area (Å²) in [7, 11) is 1.86. The predicted octanol–water partition coefficient (Wildman–Crippen LogP) is -5.26. The molecule has 11 unspecified atom stereocenters. The molecule has 2 aliphatic heterocycles. The highest BCUT2D eigenvalue weighted by Crippen LogP contribution is 2.27. The lowest BCUT2D eigenvalue weighted by Crippen LogP contribution is -2.65. The van der Waals surface area contributed by atoms with Crippen molar-refractivity contribution in [2.45, 2.75) is 125 Å². The van der Waals surface area contributed by atoms with Crippen molar-refractivity contribution in [3.8, 4) is 0 Å². The molecule has 2 heterocycles. The van der Waals surface area contributed by atoms with Crippen molar-refractivity contribution in [1.82, 2.24) is 26.6 Å². The highest BCUT2D eigenvalue weighted by Gasteiger charge is 2.49. The van der Waals surface area contributed by atoms with Crippen LogP contribution in [0.15, 0.2) is 4.99 Å². The fourth-order valence-corrected chi connectivity index (χ4v) is 6.45. The van der Waals surface area contributed by atoms with Crippen molar-refractivity contribution >= 4 is 35.6 Å². The Labute approximate surface area is 320 Å². The van der Waals surface area contributed by atoms with E-state index < -0.39 is 85.3 Å². The number of aliphatic hydroxyl groups is 3. The molecule has 22 nitrogen and oxygen atoms in total. The van der Waals surface area contributed by atoms with Crippen LogP contribution < -0.4 is 55.3 Å². The second kappa shape index (κ2) is 24.7. The Morgan fingerprint density at radius 3 is 1.93 bits per heavy atom. The van der Waals surface area contributed by atoms with Crippen LogP contribution in [0.25, 0.3) is 0 Å². The van der Waals surface area contributed by atoms with Crippen molar-refractivity contribution in [3.05, 3.63) is 0 Å². The summed E-state index contributed by atoms with van der Waals surface area (Å²) in [6.07, 6.45) is -4.91. The molecule has 0 bridgehead atoms. The monoisotopic (exact) mass is 789 g/mol. The number of amidine groups is 1. The van der Waals surface area contributed by atoms with Gasteiger partial charge < -0.3 is 85.2 Å². The number of ether oxygens (including phenoxy) is 2. The van der Waals surface area contributed by atoms with Crippen LogP contribution in [0.1, 0.15) is 64.2 Å². The van der Waals surface area contributed by atoms with Gasteiger partial charge in [0.05, 0.1) is 24.7 Å². The van der Waals surface area contributed by atoms with E-state index in [0.717, 1.165) is 19.4 Å². The van der Waals surface area contributed by atoms with Gasteiger partial charge in [-0.15, -0.1) is 0 Å². The summed E-state index contributed by atoms with van der Waals surface area (Å²) in [5.74, 6) is -3.25. The lowest BCUT2D eigenvalue weighted by Gasteiger charge is -2.42. The van der Waals surface area contributed by atoms with E-state index in [-0.39, 0.29) is 62.5 Å². The number of aliphatic carboxylic acids is 1. The number of aliphatic hydroxyl groups excluding tert-OH is 3. The largest absolute Gasteiger partial charge is 0.481 e. The average molecular weight is 790 g/mol. The number of nitrogens with two attached hydrogens (primary N) is 5. The van der Waals surface area contributed by atoms with E-state index in [9.17, 15) is 44.4 Å². The highest BCUT2D eigenvalue weighted by molar-refractivity contribution is 5.91. The van der Waals surface area contributed by atoms with Gasteiger partial charge in [0.15, 0.2) is 12.3 Å². The van der Waals surface area contributed by atoms with Gasteiger partial charge in [-0.2, -0.15) is 0 Å². The van der Waals surface area contributed by atoms with Crippen molar-refractivity contribution in [1.29, 1.82) is 0 Å². The molecule has 11 atom stereocenters. The van der Waals surface area contributed by atoms with Crippen LogP contribution in [0.2, 0.25) is 0 Å². The molecule has 2 fully saturated rings. The number of hydrogen-bond acceptors (Lipinski definition) is 16. The Balaban J connectivity index is 1.85. The minimum absolute atomic E-state index is 0.0725. The third-order valence-corrected chi connectivity index (χ3v) is 9.38. The molecule has 0 aromatic rings. The Kier molecular flexibility index (Phi) is 21.3. The van der Waals surface area contributed by atoms with Crippen molar-refractivity contribution in [2.75, 3.05) is 39.8 Å². The van der Waals surface area contributed by atoms with Gasteiger partial charge in [-0.1, -0.05) is 0 Å². The summed E-state index contributed by atoms with van der Waals surface area (Å²) in [5, 5.41) is 55.0. The molecule has 0 saturated carbocycles. The summed E-state index contributed by atoms with van der Waals surface area (Å²) in [6.45, 7) is 0.579. The lowest BCUT2D eigenvalue weighted by atomic mass is 9.95. The molecule has 0 aliphatic carbocycles. The Morgan fingerprint density at radius 2 is 1.45 bits per heavy atom. The molecule has 0 aromatic heterocycles. The molecule has 2 aliphatic rings. The normalized spacial score (nSPS) is 26.6. The fraction of sp³-hybridized carbons (Fsp3) is 0.818. The van der Waals surface area contributed by atoms with Crippen LogP contribution in [0.5, 0.6) is 0 Å². The number of nitrogens with one attached hydrogen (secondary N) is 5. The van der Waals surface area contributed by atoms with Crippen LogP contribution in [0.3, 0.4) is 0 Å². The predicted molar refractivity (Wildman–Crippen MR) is 199 cm³/mol. The Morgan fingerprint density at radius 1 is 0.927 bits per heavy atom. The fourth-order valence-electron chi connectivity index (χ4n) is 6.45. The van der Waals surface area contributed by atoms with Crippen molar-refractivity contribution in [3.63, 3.8) is 0 Å². The van der Waals surface area contributed by atoms with E-state index in [4.69, 9.17) is 38.1 Å². The van der Waals surface area contributed by atoms with E-state index >= 15 is 0 Å². The third-order valence-electron chi connectivity index (χ3n) is 9.38. The van der Waals surface area contributed by atoms with Gasteiger partial charge in [-0.3, -0.25) is 19.2 Å². The molecule has 2 saturated heterocycles. The maximum atomic E-state index is 13.1. The average Bonchev–Trinajstić information content (AvgIpc) is 3.55. The molecule has 4 amide bonds. The minimum Gasteiger partial charge on any atom is -0.481 e. The van der Waals surface area contributed by atoms with Crippen LogP contribution in [0, 0.1) is 5.92 Å². The molecule has 0 spiro atoms. The number of aliphatic imine (C=N–C) groups is 1. The first kappa shape index (κ1) is 47.4. The number of amides is 4. The number of carbonyl (C=O) groups excluding carboxylic acids is 4. The molecule has 55 heavy (non-hydrogen) atoms. The summed E-state index contributed by atoms with van der Waals surface area (Å²) >= 11 is 0. The zero-order valence-electron chi connectivity index (χ0n) is 31.4. The van der Waals surface area contributed by atoms with Gasteiger partial charge in [-0.25, -0.2) is 9.79 Å². The molecule has 2 rings (SSSR count). The molecular formula is C33H63N11O11. The van der Waals surface area contributed by atoms with Crippen molar-refractivity contribution < 1.29 is 53.9 Å². The molecule has 22 heteroatoms. The van der Waals surface area contributed by atoms with Crippen LogP contribution >= 0.6 is 0 Å². The topological polar surface area (TPSA) is 387 Å². The van der Waals surface area contributed by atoms with Crippen LogP contribution in [-0.2, 0) is 28.7 Å². The zero-order valence-corrected chi connectivity index (χ0v) is 31.4. The smallest absolute Gasteiger partial charge is 0.404 e. The van der Waals surface area contributed by atoms with Crippen LogP contribution in [0.4, 0.5) is 4.79 Å². The van der Waals surface area contributed by atoms with Crippen LogP contribution in [-0.4, -0.2) is 157 Å². The van der Waals surface area contributed by atoms with Gasteiger partial charge in [0.2, 0.25) is 17.7 Å². The summed E-state index contributed by atoms with van der Waals surface area (Å²) < 4.78 is 10.8. The highest BCUT2D eigenvalue weighted by atomic mass is 16.6. The molecule has 0 radical (unpaired) electrons. The van der Waals surface area contributed by atoms with Gasteiger partial charge in [0, 0.05) is 63.4 Å². The molecule has 19 N–H and O–H groups in total. The third kappa shape index (κ3) is 16.9. The molecular weight excluding hydrogens is 726 g/mol. The first-order valence-corrected chi connectivity index (χ1v) is 18.7. The number of carboxylic acids is 1. The number of hydrogen-bond donors (Lipinski definition) is 14. The van der Waals surface area contributed by atoms with Gasteiger partial charge in [0.25, 0.3) is 0 Å². The van der Waals surface area contributed by atoms with Gasteiger partial charge >= 0.3 is 12.1 Å². The lowest BCUT2D eigenvalue weighted by molar-refractivity contribution is -0.192. The number of carboxylic acid groups (broad SMARTS) is 1. The minimum atomic E-state index is -1.68. The first-order valence-electron chi connectivity index (χ1n) is 18.7. The number of nitrogens with zero attached hydrogens (tertiary/aromatic N) is 1. The maximum Gasteiger partial charge on any atom is 0.404 e. The zero-order chi connectivity index (χ0) is 41.1. The Hall–Kier alpha value is -3.74. The molecule has 316 valence electrons. The van der Waals surface area contributed by atoms with E-state index in [1.165, 1.54) is 0 Å². The first-order chi connectivity index (χ1) is 26.1. The quantitative estimate of drug-likeness (QED) is 0.0384. The van der Waals surface area contributed by atoms with Gasteiger partial charge in [-0.05, 0) is 52.1 Å². The van der Waals surface area contributed by atoms with E-state index in [0.29, 0.717) is 32.2 Å². The SMILES string of the molecule is CNCCCC(N)CC(=O)NCCCC(N)CC(=O)NCCCC(N)CC(=O)NC1C(N=C2CC(C(=O)O)C(C(O)CN)N2)OC(CO)C(OC(N)=O)C1O. The van der Waals surface area contributed by atoms with E-state index in [1.54, 1.807) is 0 Å². The van der Waals surface area contributed by atoms with Crippen molar-refractivity contribution in [2.24, 2.45) is 39.6 Å². The second-order valence-corrected chi connectivity index (χ2v) is 14.1. The maximum absolute atomic E-state index is 13.1.